The molecular formula is C11H14N8S. The Morgan fingerprint density at radius 3 is 3.10 bits per heavy atom. The Kier molecular flexibility index (Phi) is 3.44. The molecule has 3 aromatic heterocycles. The van der Waals surface area contributed by atoms with E-state index >= 15 is 0 Å². The Hall–Kier alpha value is -2.26. The zero-order valence-corrected chi connectivity index (χ0v) is 11.7. The lowest BCUT2D eigenvalue weighted by Gasteiger charge is -2.08. The number of nitrogens with zero attached hydrogens (tertiary/aromatic N) is 5. The lowest BCUT2D eigenvalue weighted by Crippen LogP contribution is -2.13. The lowest BCUT2D eigenvalue weighted by atomic mass is 10.3. The number of hydrazine groups is 1. The summed E-state index contributed by atoms with van der Waals surface area (Å²) in [6.07, 6.45) is 1.71. The molecule has 0 spiro atoms. The third kappa shape index (κ3) is 2.28. The highest BCUT2D eigenvalue weighted by Gasteiger charge is 2.09. The number of hydrogen-bond acceptors (Lipinski definition) is 8. The molecule has 4 N–H and O–H groups in total. The van der Waals surface area contributed by atoms with E-state index in [0.29, 0.717) is 12.5 Å². The molecule has 0 bridgehead atoms. The van der Waals surface area contributed by atoms with Gasteiger partial charge in [0.1, 0.15) is 17.0 Å². The van der Waals surface area contributed by atoms with Crippen molar-refractivity contribution in [2.75, 3.05) is 10.7 Å². The molecule has 0 saturated carbocycles. The first-order chi connectivity index (χ1) is 9.81. The van der Waals surface area contributed by atoms with E-state index in [1.165, 1.54) is 0 Å². The zero-order chi connectivity index (χ0) is 13.9. The molecule has 104 valence electrons. The Balaban J connectivity index is 1.88. The van der Waals surface area contributed by atoms with Gasteiger partial charge >= 0.3 is 0 Å². The summed E-state index contributed by atoms with van der Waals surface area (Å²) in [5.74, 6) is 7.37. The number of aryl methyl sites for hydroxylation is 1. The largest absolute Gasteiger partial charge is 0.362 e. The molecular weight excluding hydrogens is 276 g/mol. The number of nitrogen functional groups attached to an aromatic ring is 1. The monoisotopic (exact) mass is 290 g/mol. The van der Waals surface area contributed by atoms with Gasteiger partial charge < -0.3 is 9.88 Å². The van der Waals surface area contributed by atoms with E-state index in [4.69, 9.17) is 5.84 Å². The van der Waals surface area contributed by atoms with Gasteiger partial charge in [0.05, 0.1) is 11.9 Å². The zero-order valence-electron chi connectivity index (χ0n) is 10.9. The molecule has 3 aromatic rings. The maximum absolute atomic E-state index is 5.39. The summed E-state index contributed by atoms with van der Waals surface area (Å²) in [4.78, 5) is 9.51. The first-order valence-corrected chi connectivity index (χ1v) is 7.02. The van der Waals surface area contributed by atoms with Crippen molar-refractivity contribution in [3.8, 4) is 0 Å². The van der Waals surface area contributed by atoms with E-state index in [9.17, 15) is 0 Å². The van der Waals surface area contributed by atoms with Gasteiger partial charge in [-0.1, -0.05) is 0 Å². The number of anilines is 2. The summed E-state index contributed by atoms with van der Waals surface area (Å²) >= 11 is 1.54. The van der Waals surface area contributed by atoms with Crippen molar-refractivity contribution in [2.24, 2.45) is 5.84 Å². The second-order valence-electron chi connectivity index (χ2n) is 4.07. The first-order valence-electron chi connectivity index (χ1n) is 6.14. The molecule has 0 atom stereocenters. The number of nitrogens with two attached hydrogens (primary N) is 1. The molecule has 0 aliphatic rings. The van der Waals surface area contributed by atoms with E-state index in [1.54, 1.807) is 17.7 Å². The fourth-order valence-electron chi connectivity index (χ4n) is 1.90. The average molecular weight is 290 g/mol. The second kappa shape index (κ2) is 5.39. The van der Waals surface area contributed by atoms with Crippen LogP contribution < -0.4 is 16.6 Å². The molecule has 0 amide bonds. The summed E-state index contributed by atoms with van der Waals surface area (Å²) < 4.78 is 1.97. The minimum atomic E-state index is 0.388. The predicted molar refractivity (Wildman–Crippen MR) is 78.2 cm³/mol. The third-order valence-corrected chi connectivity index (χ3v) is 3.71. The van der Waals surface area contributed by atoms with E-state index < -0.39 is 0 Å². The highest BCUT2D eigenvalue weighted by Crippen LogP contribution is 2.26. The van der Waals surface area contributed by atoms with Gasteiger partial charge in [-0.05, 0) is 18.4 Å². The van der Waals surface area contributed by atoms with Gasteiger partial charge in [-0.25, -0.2) is 10.8 Å². The Morgan fingerprint density at radius 2 is 2.30 bits per heavy atom. The van der Waals surface area contributed by atoms with Crippen molar-refractivity contribution >= 4 is 33.3 Å². The quantitative estimate of drug-likeness (QED) is 0.479. The van der Waals surface area contributed by atoms with Crippen LogP contribution in [0.15, 0.2) is 17.8 Å². The molecule has 0 saturated heterocycles. The smallest absolute Gasteiger partial charge is 0.240 e. The van der Waals surface area contributed by atoms with Gasteiger partial charge in [0.15, 0.2) is 5.82 Å². The van der Waals surface area contributed by atoms with Gasteiger partial charge in [-0.15, -0.1) is 21.5 Å². The van der Waals surface area contributed by atoms with Crippen LogP contribution in [0, 0.1) is 0 Å². The Labute approximate surface area is 119 Å². The summed E-state index contributed by atoms with van der Waals surface area (Å²) in [7, 11) is 0. The molecule has 3 rings (SSSR count). The van der Waals surface area contributed by atoms with Crippen LogP contribution in [0.3, 0.4) is 0 Å². The van der Waals surface area contributed by atoms with Gasteiger partial charge in [-0.2, -0.15) is 4.98 Å². The molecule has 8 nitrogen and oxygen atoms in total. The van der Waals surface area contributed by atoms with Crippen molar-refractivity contribution in [3.63, 3.8) is 0 Å². The van der Waals surface area contributed by atoms with Crippen LogP contribution in [-0.4, -0.2) is 24.7 Å². The number of fused-ring (bicyclic) bond motifs is 1. The van der Waals surface area contributed by atoms with Crippen molar-refractivity contribution < 1.29 is 0 Å². The van der Waals surface area contributed by atoms with Crippen LogP contribution >= 0.6 is 11.3 Å². The third-order valence-electron chi connectivity index (χ3n) is 2.90. The number of hydrogen-bond donors (Lipinski definition) is 3. The molecule has 0 unspecified atom stereocenters. The minimum Gasteiger partial charge on any atom is -0.362 e. The fraction of sp³-hybridized carbons (Fsp3) is 0.273. The first kappa shape index (κ1) is 12.8. The number of aromatic nitrogens is 5. The fourth-order valence-corrected chi connectivity index (χ4v) is 2.66. The van der Waals surface area contributed by atoms with Gasteiger partial charge in [-0.3, -0.25) is 5.43 Å². The molecule has 0 radical (unpaired) electrons. The van der Waals surface area contributed by atoms with Crippen LogP contribution in [0.2, 0.25) is 0 Å². The maximum atomic E-state index is 5.39. The normalized spacial score (nSPS) is 10.9. The molecule has 0 fully saturated rings. The predicted octanol–water partition coefficient (Wildman–Crippen LogP) is 1.20. The van der Waals surface area contributed by atoms with E-state index in [-0.39, 0.29) is 0 Å². The van der Waals surface area contributed by atoms with Crippen molar-refractivity contribution in [1.29, 1.82) is 0 Å². The highest BCUT2D eigenvalue weighted by atomic mass is 32.1. The molecule has 0 aromatic carbocycles. The van der Waals surface area contributed by atoms with Gasteiger partial charge in [0.25, 0.3) is 0 Å². The molecule has 9 heteroatoms. The number of thiophene rings is 1. The van der Waals surface area contributed by atoms with Crippen molar-refractivity contribution in [1.82, 2.24) is 24.7 Å². The Morgan fingerprint density at radius 1 is 1.40 bits per heavy atom. The van der Waals surface area contributed by atoms with Crippen LogP contribution in [0.4, 0.5) is 11.8 Å². The number of rotatable bonds is 5. The molecule has 0 aliphatic heterocycles. The topological polar surface area (TPSA) is 107 Å². The van der Waals surface area contributed by atoms with Crippen LogP contribution in [0.5, 0.6) is 0 Å². The minimum absolute atomic E-state index is 0.388. The van der Waals surface area contributed by atoms with Crippen LogP contribution in [0.25, 0.3) is 10.2 Å². The maximum Gasteiger partial charge on any atom is 0.240 e. The van der Waals surface area contributed by atoms with E-state index in [2.05, 4.69) is 30.9 Å². The molecule has 20 heavy (non-hydrogen) atoms. The van der Waals surface area contributed by atoms with Crippen LogP contribution in [-0.2, 0) is 13.1 Å². The van der Waals surface area contributed by atoms with Crippen molar-refractivity contribution in [2.45, 2.75) is 20.0 Å². The molecule has 3 heterocycles. The number of nitrogens with one attached hydrogen (secondary N) is 2. The SMILES string of the molecule is CCn1cnnc1CNc1nc(NN)nc2sccc12. The Bertz CT molecular complexity index is 718. The van der Waals surface area contributed by atoms with E-state index in [0.717, 1.165) is 28.4 Å². The summed E-state index contributed by atoms with van der Waals surface area (Å²) in [5.41, 5.74) is 2.48. The summed E-state index contributed by atoms with van der Waals surface area (Å²) in [5, 5.41) is 14.2. The van der Waals surface area contributed by atoms with Gasteiger partial charge in [0, 0.05) is 6.54 Å². The lowest BCUT2D eigenvalue weighted by molar-refractivity contribution is 0.707. The summed E-state index contributed by atoms with van der Waals surface area (Å²) in [6.45, 7) is 3.42. The van der Waals surface area contributed by atoms with Gasteiger partial charge in [0.2, 0.25) is 5.95 Å². The van der Waals surface area contributed by atoms with E-state index in [1.807, 2.05) is 22.9 Å². The standard InChI is InChI=1S/C11H14N8S/c1-2-19-6-14-18-8(19)5-13-9-7-3-4-20-10(7)16-11(15-9)17-12/h3-4,6H,2,5,12H2,1H3,(H2,13,15,16,17). The van der Waals surface area contributed by atoms with Crippen LogP contribution in [0.1, 0.15) is 12.7 Å². The molecule has 0 aliphatic carbocycles. The summed E-state index contributed by atoms with van der Waals surface area (Å²) in [6, 6.07) is 1.98. The average Bonchev–Trinajstić information content (AvgIpc) is 3.12. The second-order valence-corrected chi connectivity index (χ2v) is 4.96. The van der Waals surface area contributed by atoms with Crippen molar-refractivity contribution in [3.05, 3.63) is 23.6 Å². The highest BCUT2D eigenvalue weighted by molar-refractivity contribution is 7.16.